The van der Waals surface area contributed by atoms with Crippen molar-refractivity contribution in [1.82, 2.24) is 0 Å². The quantitative estimate of drug-likeness (QED) is 0.410. The van der Waals surface area contributed by atoms with Gasteiger partial charge in [0.2, 0.25) is 0 Å². The molecule has 1 amide bonds. The normalized spacial score (nSPS) is 9.10. The lowest BCUT2D eigenvalue weighted by molar-refractivity contribution is -0.673. The van der Waals surface area contributed by atoms with Gasteiger partial charge in [0.25, 0.3) is 6.09 Å². The van der Waals surface area contributed by atoms with Crippen LogP contribution in [0.4, 0.5) is 4.79 Å². The highest BCUT2D eigenvalue weighted by atomic mass is 35.5. The van der Waals surface area contributed by atoms with Crippen LogP contribution in [0.5, 0.6) is 0 Å². The van der Waals surface area contributed by atoms with E-state index in [4.69, 9.17) is 0 Å². The van der Waals surface area contributed by atoms with Crippen LogP contribution in [0.3, 0.4) is 0 Å². The third-order valence-corrected chi connectivity index (χ3v) is 0.551. The van der Waals surface area contributed by atoms with Crippen molar-refractivity contribution < 1.29 is 40.0 Å². The number of hydrogen-bond acceptors (Lipinski definition) is 2. The SMILES string of the molecule is CC(C)(C)[NH2+]C(=O)[O-].[Cl-].[Cl-]. The van der Waals surface area contributed by atoms with Crippen molar-refractivity contribution in [2.24, 2.45) is 0 Å². The van der Waals surface area contributed by atoms with Crippen LogP contribution in [0.25, 0.3) is 0 Å². The number of halogens is 2. The Bertz CT molecular complexity index is 100. The van der Waals surface area contributed by atoms with Gasteiger partial charge in [-0.15, -0.1) is 0 Å². The molecule has 0 fully saturated rings. The van der Waals surface area contributed by atoms with E-state index in [0.717, 1.165) is 5.32 Å². The molecule has 0 aliphatic heterocycles. The molecule has 64 valence electrons. The fraction of sp³-hybridized carbons (Fsp3) is 0.800. The Hall–Kier alpha value is 0.01000. The van der Waals surface area contributed by atoms with Crippen LogP contribution >= 0.6 is 0 Å². The summed E-state index contributed by atoms with van der Waals surface area (Å²) in [6, 6.07) is 0. The zero-order valence-electron chi connectivity index (χ0n) is 6.15. The first-order valence-corrected chi connectivity index (χ1v) is 2.49. The molecule has 2 N–H and O–H groups in total. The Morgan fingerprint density at radius 1 is 1.30 bits per heavy atom. The van der Waals surface area contributed by atoms with E-state index in [0.29, 0.717) is 0 Å². The molecule has 0 aliphatic carbocycles. The lowest BCUT2D eigenvalue weighted by Crippen LogP contribution is -3.00. The van der Waals surface area contributed by atoms with E-state index in [1.54, 1.807) is 0 Å². The van der Waals surface area contributed by atoms with E-state index in [9.17, 15) is 9.90 Å². The van der Waals surface area contributed by atoms with Crippen molar-refractivity contribution in [1.29, 1.82) is 0 Å². The molecule has 0 aromatic rings. The molecule has 5 heteroatoms. The van der Waals surface area contributed by atoms with Gasteiger partial charge in [-0.3, -0.25) is 5.32 Å². The average molecular weight is 188 g/mol. The van der Waals surface area contributed by atoms with Gasteiger partial charge in [0.1, 0.15) is 0 Å². The van der Waals surface area contributed by atoms with Crippen LogP contribution < -0.4 is 35.2 Å². The van der Waals surface area contributed by atoms with Gasteiger partial charge in [-0.25, -0.2) is 0 Å². The molecule has 10 heavy (non-hydrogen) atoms. The molecule has 0 unspecified atom stereocenters. The number of amides is 1. The molecule has 0 heterocycles. The summed E-state index contributed by atoms with van der Waals surface area (Å²) in [5, 5.41) is 11.0. The lowest BCUT2D eigenvalue weighted by Gasteiger charge is -2.15. The number of quaternary nitrogens is 1. The molecule has 0 bridgehead atoms. The molecule has 0 aromatic heterocycles. The van der Waals surface area contributed by atoms with Crippen molar-refractivity contribution in [2.75, 3.05) is 0 Å². The van der Waals surface area contributed by atoms with Gasteiger partial charge < -0.3 is 34.7 Å². The summed E-state index contributed by atoms with van der Waals surface area (Å²) in [4.78, 5) is 9.85. The first-order chi connectivity index (χ1) is 3.42. The minimum atomic E-state index is -1.10. The van der Waals surface area contributed by atoms with Crippen LogP contribution in [0.2, 0.25) is 0 Å². The Kier molecular flexibility index (Phi) is 9.54. The lowest BCUT2D eigenvalue weighted by atomic mass is 10.1. The predicted octanol–water partition coefficient (Wildman–Crippen LogP) is -7.30. The summed E-state index contributed by atoms with van der Waals surface area (Å²) in [6.45, 7) is 5.42. The minimum absolute atomic E-state index is 0. The molecule has 0 radical (unpaired) electrons. The number of hydrogen-bond donors (Lipinski definition) is 1. The average Bonchev–Trinajstić information content (AvgIpc) is 1.21. The number of carbonyl (C=O) groups excluding carboxylic acids is 1. The smallest absolute Gasteiger partial charge is 0.254 e. The minimum Gasteiger partial charge on any atom is -1.00 e. The van der Waals surface area contributed by atoms with E-state index < -0.39 is 6.09 Å². The van der Waals surface area contributed by atoms with E-state index in [-0.39, 0.29) is 30.4 Å². The summed E-state index contributed by atoms with van der Waals surface area (Å²) in [5.41, 5.74) is -0.265. The highest BCUT2D eigenvalue weighted by molar-refractivity contribution is 5.49. The molecule has 0 rings (SSSR count). The number of rotatable bonds is 0. The summed E-state index contributed by atoms with van der Waals surface area (Å²) in [6.07, 6.45) is -1.10. The fourth-order valence-corrected chi connectivity index (χ4v) is 0.354. The molecule has 3 nitrogen and oxygen atoms in total. The van der Waals surface area contributed by atoms with Gasteiger partial charge in [-0.1, -0.05) is 0 Å². The molecular weight excluding hydrogens is 177 g/mol. The molecule has 0 aliphatic rings. The maximum atomic E-state index is 9.85. The Labute approximate surface area is 73.0 Å². The van der Waals surface area contributed by atoms with Gasteiger partial charge in [-0.2, -0.15) is 0 Å². The standard InChI is InChI=1S/C5H11NO2.2ClH/c1-5(2,3)6-4(7)8;;/h6H,1-3H3,(H,7,8);2*1H/p-2. The van der Waals surface area contributed by atoms with Crippen molar-refractivity contribution in [3.63, 3.8) is 0 Å². The maximum Gasteiger partial charge on any atom is 0.254 e. The summed E-state index contributed by atoms with van der Waals surface area (Å²) >= 11 is 0. The largest absolute Gasteiger partial charge is 1.00 e. The van der Waals surface area contributed by atoms with E-state index in [2.05, 4.69) is 0 Å². The van der Waals surface area contributed by atoms with Crippen LogP contribution in [-0.4, -0.2) is 11.6 Å². The monoisotopic (exact) mass is 187 g/mol. The molecule has 0 saturated heterocycles. The Balaban J connectivity index is -0.000000245. The molecule has 0 aromatic carbocycles. The first-order valence-electron chi connectivity index (χ1n) is 2.49. The van der Waals surface area contributed by atoms with Gasteiger partial charge in [0.05, 0.1) is 5.54 Å². The molecule has 0 spiro atoms. The highest BCUT2D eigenvalue weighted by Gasteiger charge is 2.12. The topological polar surface area (TPSA) is 56.7 Å². The zero-order chi connectivity index (χ0) is 6.78. The van der Waals surface area contributed by atoms with Crippen molar-refractivity contribution in [2.45, 2.75) is 26.3 Å². The van der Waals surface area contributed by atoms with Crippen LogP contribution in [0.15, 0.2) is 0 Å². The predicted molar refractivity (Wildman–Crippen MR) is 27.1 cm³/mol. The second-order valence-electron chi connectivity index (χ2n) is 2.83. The first kappa shape index (κ1) is 16.5. The second kappa shape index (κ2) is 5.77. The number of carboxylic acid groups (broad SMARTS) is 1. The summed E-state index contributed by atoms with van der Waals surface area (Å²) in [5.74, 6) is 0. The van der Waals surface area contributed by atoms with Crippen LogP contribution in [-0.2, 0) is 0 Å². The fourth-order valence-electron chi connectivity index (χ4n) is 0.354. The van der Waals surface area contributed by atoms with E-state index in [1.807, 2.05) is 20.8 Å². The van der Waals surface area contributed by atoms with Gasteiger partial charge in [-0.05, 0) is 20.8 Å². The van der Waals surface area contributed by atoms with Crippen LogP contribution in [0.1, 0.15) is 20.8 Å². The Morgan fingerprint density at radius 3 is 1.60 bits per heavy atom. The maximum absolute atomic E-state index is 9.85. The molecule has 0 saturated carbocycles. The second-order valence-corrected chi connectivity index (χ2v) is 2.83. The van der Waals surface area contributed by atoms with Crippen molar-refractivity contribution in [3.05, 3.63) is 0 Å². The van der Waals surface area contributed by atoms with Gasteiger partial charge in [0, 0.05) is 0 Å². The third-order valence-electron chi connectivity index (χ3n) is 0.551. The number of carbonyl (C=O) groups is 1. The van der Waals surface area contributed by atoms with Crippen LogP contribution in [0, 0.1) is 0 Å². The highest BCUT2D eigenvalue weighted by Crippen LogP contribution is 1.86. The van der Waals surface area contributed by atoms with Crippen molar-refractivity contribution in [3.8, 4) is 0 Å². The summed E-state index contributed by atoms with van der Waals surface area (Å²) in [7, 11) is 0. The number of nitrogens with two attached hydrogens (primary N) is 1. The van der Waals surface area contributed by atoms with Gasteiger partial charge in [0.15, 0.2) is 0 Å². The third kappa shape index (κ3) is 15.7. The Morgan fingerprint density at radius 2 is 1.60 bits per heavy atom. The molecule has 0 atom stereocenters. The van der Waals surface area contributed by atoms with Gasteiger partial charge >= 0.3 is 0 Å². The molecular formula is C5H11Cl2NO2-2. The summed E-state index contributed by atoms with van der Waals surface area (Å²) < 4.78 is 0. The van der Waals surface area contributed by atoms with Crippen molar-refractivity contribution >= 4 is 6.09 Å². The zero-order valence-corrected chi connectivity index (χ0v) is 7.66. The van der Waals surface area contributed by atoms with E-state index in [1.165, 1.54) is 0 Å². The number of primary amides is 1. The van der Waals surface area contributed by atoms with E-state index >= 15 is 0 Å².